The van der Waals surface area contributed by atoms with E-state index in [1.165, 1.54) is 21.8 Å². The van der Waals surface area contributed by atoms with Gasteiger partial charge < -0.3 is 20.1 Å². The van der Waals surface area contributed by atoms with Crippen LogP contribution in [0.4, 0.5) is 11.5 Å². The minimum absolute atomic E-state index is 0.0264. The summed E-state index contributed by atoms with van der Waals surface area (Å²) in [6.07, 6.45) is 6.15. The summed E-state index contributed by atoms with van der Waals surface area (Å²) in [4.78, 5) is 57.9. The van der Waals surface area contributed by atoms with E-state index >= 15 is 0 Å². The number of rotatable bonds is 5. The van der Waals surface area contributed by atoms with Gasteiger partial charge in [-0.05, 0) is 55.9 Å². The molecule has 2 N–H and O–H groups in total. The highest BCUT2D eigenvalue weighted by molar-refractivity contribution is 7.19. The van der Waals surface area contributed by atoms with E-state index in [1.54, 1.807) is 17.7 Å². The summed E-state index contributed by atoms with van der Waals surface area (Å²) < 4.78 is 0.896. The first-order valence-corrected chi connectivity index (χ1v) is 15.6. The van der Waals surface area contributed by atoms with Crippen molar-refractivity contribution in [2.24, 2.45) is 5.92 Å². The summed E-state index contributed by atoms with van der Waals surface area (Å²) in [5, 5.41) is 4.48. The number of aryl methyl sites for hydroxylation is 1. The maximum absolute atomic E-state index is 13.5. The van der Waals surface area contributed by atoms with Gasteiger partial charge in [0, 0.05) is 55.8 Å². The van der Waals surface area contributed by atoms with Gasteiger partial charge in [-0.2, -0.15) is 0 Å². The number of fused-ring (bicyclic) bond motifs is 4. The number of aromatic nitrogens is 3. The number of nitrogens with zero attached hydrogens (tertiary/aromatic N) is 5. The molecule has 2 aliphatic heterocycles. The third-order valence-corrected chi connectivity index (χ3v) is 10.4. The molecule has 1 aromatic carbocycles. The summed E-state index contributed by atoms with van der Waals surface area (Å²) in [7, 11) is 0. The van der Waals surface area contributed by atoms with E-state index in [0.717, 1.165) is 90.2 Å². The maximum Gasteiger partial charge on any atom is 0.305 e. The molecule has 12 heteroatoms. The predicted octanol–water partition coefficient (Wildman–Crippen LogP) is 3.21. The van der Waals surface area contributed by atoms with Crippen LogP contribution in [0.2, 0.25) is 0 Å². The molecule has 1 atom stereocenters. The van der Waals surface area contributed by atoms with Crippen LogP contribution >= 0.6 is 22.7 Å². The second-order valence-electron chi connectivity index (χ2n) is 10.9. The number of amides is 2. The minimum Gasteiger partial charge on any atom is -0.342 e. The average molecular weight is 578 g/mol. The fourth-order valence-corrected chi connectivity index (χ4v) is 8.26. The van der Waals surface area contributed by atoms with Crippen LogP contribution in [-0.2, 0) is 22.4 Å². The van der Waals surface area contributed by atoms with Crippen LogP contribution in [0.1, 0.15) is 29.7 Å². The van der Waals surface area contributed by atoms with Crippen molar-refractivity contribution in [3.05, 3.63) is 44.6 Å². The Morgan fingerprint density at radius 1 is 1.02 bits per heavy atom. The van der Waals surface area contributed by atoms with E-state index in [0.29, 0.717) is 19.6 Å². The van der Waals surface area contributed by atoms with Gasteiger partial charge in [-0.15, -0.1) is 11.3 Å². The number of anilines is 2. The number of carbonyl (C=O) groups is 2. The fraction of sp³-hybridized carbons (Fsp3) is 0.464. The summed E-state index contributed by atoms with van der Waals surface area (Å²) in [6.45, 7) is 5.10. The number of nitrogens with one attached hydrogen (secondary N) is 2. The van der Waals surface area contributed by atoms with Gasteiger partial charge in [-0.25, -0.2) is 9.97 Å². The number of thiazole rings is 1. The Labute approximate surface area is 239 Å². The average Bonchev–Trinajstić information content (AvgIpc) is 3.71. The Kier molecular flexibility index (Phi) is 6.76. The molecule has 2 fully saturated rings. The molecule has 0 radical (unpaired) electrons. The van der Waals surface area contributed by atoms with E-state index in [2.05, 4.69) is 25.2 Å². The first-order chi connectivity index (χ1) is 19.5. The molecule has 4 aromatic rings. The fourth-order valence-electron chi connectivity index (χ4n) is 6.22. The standard InChI is InChI=1S/C28H31N7O3S2/c36-23(34-7-1-2-8-34)15-33-9-11-35(12-10-33)27(37)17-3-5-19-21(13-17)39-26-24(19)25(29-16-30-26)31-18-4-6-20-22(14-18)40-28(38)32-20/h4,6,14,16-17H,1-3,5,7-13,15H2,(H,32,38)(H,29,30,31). The lowest BCUT2D eigenvalue weighted by molar-refractivity contribution is -0.138. The van der Waals surface area contributed by atoms with Crippen LogP contribution in [0.3, 0.4) is 0 Å². The molecule has 0 saturated carbocycles. The first kappa shape index (κ1) is 25.6. The van der Waals surface area contributed by atoms with Crippen LogP contribution in [-0.4, -0.2) is 87.3 Å². The number of piperazine rings is 1. The molecular formula is C28H31N7O3S2. The SMILES string of the molecule is O=C(CN1CCN(C(=O)C2CCc3c(sc4ncnc(Nc5ccc6[nH]c(=O)sc6c5)c34)C2)CC1)N1CCCC1. The Balaban J connectivity index is 1.02. The number of H-pyrrole nitrogens is 1. The quantitative estimate of drug-likeness (QED) is 0.374. The van der Waals surface area contributed by atoms with Crippen molar-refractivity contribution in [2.45, 2.75) is 32.1 Å². The lowest BCUT2D eigenvalue weighted by atomic mass is 9.86. The summed E-state index contributed by atoms with van der Waals surface area (Å²) >= 11 is 2.85. The van der Waals surface area contributed by atoms with Crippen molar-refractivity contribution in [2.75, 3.05) is 51.1 Å². The monoisotopic (exact) mass is 577 g/mol. The zero-order valence-corrected chi connectivity index (χ0v) is 23.8. The lowest BCUT2D eigenvalue weighted by Gasteiger charge is -2.37. The Bertz CT molecular complexity index is 1650. The first-order valence-electron chi connectivity index (χ1n) is 14.0. The van der Waals surface area contributed by atoms with Gasteiger partial charge in [0.2, 0.25) is 11.8 Å². The predicted molar refractivity (Wildman–Crippen MR) is 157 cm³/mol. The van der Waals surface area contributed by atoms with Gasteiger partial charge in [0.15, 0.2) is 0 Å². The number of hydrogen-bond acceptors (Lipinski definition) is 9. The van der Waals surface area contributed by atoms with Gasteiger partial charge in [0.05, 0.1) is 22.1 Å². The van der Waals surface area contributed by atoms with E-state index in [1.807, 2.05) is 28.0 Å². The van der Waals surface area contributed by atoms with Crippen molar-refractivity contribution >= 4 is 66.4 Å². The highest BCUT2D eigenvalue weighted by atomic mass is 32.1. The van der Waals surface area contributed by atoms with Crippen molar-refractivity contribution in [3.8, 4) is 0 Å². The number of benzene rings is 1. The van der Waals surface area contributed by atoms with Crippen LogP contribution in [0, 0.1) is 5.92 Å². The number of aromatic amines is 1. The minimum atomic E-state index is -0.0675. The molecule has 2 saturated heterocycles. The topological polar surface area (TPSA) is 115 Å². The Hall–Kier alpha value is -3.35. The Morgan fingerprint density at radius 3 is 2.67 bits per heavy atom. The van der Waals surface area contributed by atoms with E-state index in [-0.39, 0.29) is 22.6 Å². The zero-order valence-electron chi connectivity index (χ0n) is 22.1. The largest absolute Gasteiger partial charge is 0.342 e. The molecule has 0 spiro atoms. The van der Waals surface area contributed by atoms with Gasteiger partial charge >= 0.3 is 4.87 Å². The van der Waals surface area contributed by atoms with Crippen LogP contribution < -0.4 is 10.2 Å². The van der Waals surface area contributed by atoms with Crippen molar-refractivity contribution in [1.29, 1.82) is 0 Å². The molecule has 5 heterocycles. The van der Waals surface area contributed by atoms with E-state index in [9.17, 15) is 14.4 Å². The molecule has 1 aliphatic carbocycles. The third kappa shape index (κ3) is 4.88. The number of thiophene rings is 1. The molecule has 208 valence electrons. The molecule has 10 nitrogen and oxygen atoms in total. The second-order valence-corrected chi connectivity index (χ2v) is 13.0. The van der Waals surface area contributed by atoms with Gasteiger partial charge in [-0.3, -0.25) is 19.3 Å². The van der Waals surface area contributed by atoms with Gasteiger partial charge in [0.1, 0.15) is 17.0 Å². The van der Waals surface area contributed by atoms with Gasteiger partial charge in [-0.1, -0.05) is 11.3 Å². The smallest absolute Gasteiger partial charge is 0.305 e. The second kappa shape index (κ2) is 10.6. The van der Waals surface area contributed by atoms with Crippen LogP contribution in [0.15, 0.2) is 29.3 Å². The number of carbonyl (C=O) groups excluding carboxylic acids is 2. The van der Waals surface area contributed by atoms with Crippen LogP contribution in [0.25, 0.3) is 20.4 Å². The summed E-state index contributed by atoms with van der Waals surface area (Å²) in [5.41, 5.74) is 2.94. The molecule has 3 aromatic heterocycles. The number of likely N-dealkylation sites (tertiary alicyclic amines) is 1. The van der Waals surface area contributed by atoms with Crippen molar-refractivity contribution in [1.82, 2.24) is 29.7 Å². The third-order valence-electron chi connectivity index (χ3n) is 8.38. The molecule has 40 heavy (non-hydrogen) atoms. The molecule has 0 bridgehead atoms. The molecule has 1 unspecified atom stereocenters. The number of hydrogen-bond donors (Lipinski definition) is 2. The molecule has 2 amide bonds. The van der Waals surface area contributed by atoms with E-state index in [4.69, 9.17) is 0 Å². The lowest BCUT2D eigenvalue weighted by Crippen LogP contribution is -2.52. The zero-order chi connectivity index (χ0) is 27.2. The highest BCUT2D eigenvalue weighted by Gasteiger charge is 2.33. The van der Waals surface area contributed by atoms with E-state index < -0.39 is 0 Å². The van der Waals surface area contributed by atoms with Gasteiger partial charge in [0.25, 0.3) is 0 Å². The molecule has 3 aliphatic rings. The van der Waals surface area contributed by atoms with Crippen molar-refractivity contribution in [3.63, 3.8) is 0 Å². The normalized spacial score (nSPS) is 19.9. The molecular weight excluding hydrogens is 546 g/mol. The van der Waals surface area contributed by atoms with Crippen LogP contribution in [0.5, 0.6) is 0 Å². The summed E-state index contributed by atoms with van der Waals surface area (Å²) in [5.74, 6) is 1.19. The summed E-state index contributed by atoms with van der Waals surface area (Å²) in [6, 6.07) is 5.80. The molecule has 7 rings (SSSR count). The highest BCUT2D eigenvalue weighted by Crippen LogP contribution is 2.41. The maximum atomic E-state index is 13.5. The van der Waals surface area contributed by atoms with Crippen molar-refractivity contribution < 1.29 is 9.59 Å². The Morgan fingerprint density at radius 2 is 1.85 bits per heavy atom.